The van der Waals surface area contributed by atoms with Gasteiger partial charge in [-0.15, -0.1) is 0 Å². The molecule has 1 nitrogen and oxygen atoms in total. The Bertz CT molecular complexity index is 292. The molecule has 1 heteroatoms. The molecule has 0 aliphatic rings. The molecule has 0 atom stereocenters. The van der Waals surface area contributed by atoms with Crippen LogP contribution in [0.4, 0.5) is 0 Å². The number of carbonyl (C=O) groups excluding carboxylic acids is 1. The Morgan fingerprint density at radius 3 is 2.27 bits per heavy atom. The van der Waals surface area contributed by atoms with Crippen LogP contribution in [-0.4, -0.2) is 5.78 Å². The molecule has 0 N–H and O–H groups in total. The lowest BCUT2D eigenvalue weighted by molar-refractivity contribution is -0.115. The zero-order valence-corrected chi connectivity index (χ0v) is 9.75. The Morgan fingerprint density at radius 2 is 1.80 bits per heavy atom. The lowest BCUT2D eigenvalue weighted by Crippen LogP contribution is -2.03. The first kappa shape index (κ1) is 13.6. The molecule has 0 unspecified atom stereocenters. The van der Waals surface area contributed by atoms with Crippen LogP contribution in [0.5, 0.6) is 0 Å². The van der Waals surface area contributed by atoms with E-state index in [4.69, 9.17) is 0 Å². The van der Waals surface area contributed by atoms with Gasteiger partial charge in [-0.25, -0.2) is 0 Å². The van der Waals surface area contributed by atoms with Crippen LogP contribution < -0.4 is 0 Å². The third-order valence-corrected chi connectivity index (χ3v) is 2.14. The second kappa shape index (κ2) is 7.98. The first-order chi connectivity index (χ1) is 7.17. The Kier molecular flexibility index (Phi) is 7.25. The van der Waals surface area contributed by atoms with Crippen molar-refractivity contribution in [2.45, 2.75) is 33.1 Å². The molecule has 82 valence electrons. The molecule has 0 aromatic rings. The van der Waals surface area contributed by atoms with E-state index in [0.717, 1.165) is 24.0 Å². The quantitative estimate of drug-likeness (QED) is 0.452. The van der Waals surface area contributed by atoms with Crippen LogP contribution >= 0.6 is 0 Å². The molecule has 0 aromatic heterocycles. The standard InChI is InChI=1S/C14H20O/c1-5-8-11-14(15)13(10-7-3)12(4)9-6-2/h6-7,9-10H,2-3,5,8,11H2,1,4H3/b12-9-,13-10+. The number of hydrogen-bond donors (Lipinski definition) is 0. The predicted molar refractivity (Wildman–Crippen MR) is 66.8 cm³/mol. The lowest BCUT2D eigenvalue weighted by atomic mass is 9.98. The number of unbranched alkanes of at least 4 members (excludes halogenated alkanes) is 1. The zero-order chi connectivity index (χ0) is 11.7. The van der Waals surface area contributed by atoms with Crippen LogP contribution in [0.15, 0.2) is 48.6 Å². The normalized spacial score (nSPS) is 12.4. The van der Waals surface area contributed by atoms with E-state index < -0.39 is 0 Å². The molecule has 0 amide bonds. The molecule has 0 spiro atoms. The minimum atomic E-state index is 0.187. The molecule has 0 radical (unpaired) electrons. The Balaban J connectivity index is 4.74. The van der Waals surface area contributed by atoms with Crippen molar-refractivity contribution in [3.63, 3.8) is 0 Å². The van der Waals surface area contributed by atoms with E-state index in [1.165, 1.54) is 0 Å². The van der Waals surface area contributed by atoms with Gasteiger partial charge in [0.25, 0.3) is 0 Å². The average Bonchev–Trinajstić information content (AvgIpc) is 2.22. The van der Waals surface area contributed by atoms with Crippen molar-refractivity contribution in [1.82, 2.24) is 0 Å². The molecule has 0 aliphatic carbocycles. The fraction of sp³-hybridized carbons (Fsp3) is 0.357. The lowest BCUT2D eigenvalue weighted by Gasteiger charge is -2.05. The maximum atomic E-state index is 11.8. The van der Waals surface area contributed by atoms with Crippen molar-refractivity contribution >= 4 is 5.78 Å². The maximum Gasteiger partial charge on any atom is 0.163 e. The summed E-state index contributed by atoms with van der Waals surface area (Å²) in [6.45, 7) is 11.2. The van der Waals surface area contributed by atoms with Crippen LogP contribution in [0.25, 0.3) is 0 Å². The summed E-state index contributed by atoms with van der Waals surface area (Å²) < 4.78 is 0. The topological polar surface area (TPSA) is 17.1 Å². The predicted octanol–water partition coefficient (Wildman–Crippen LogP) is 3.99. The van der Waals surface area contributed by atoms with Gasteiger partial charge in [0, 0.05) is 12.0 Å². The van der Waals surface area contributed by atoms with Crippen LogP contribution in [0.2, 0.25) is 0 Å². The summed E-state index contributed by atoms with van der Waals surface area (Å²) in [5.74, 6) is 0.187. The van der Waals surface area contributed by atoms with Crippen LogP contribution in [0.1, 0.15) is 33.1 Å². The zero-order valence-electron chi connectivity index (χ0n) is 9.75. The van der Waals surface area contributed by atoms with Gasteiger partial charge >= 0.3 is 0 Å². The molecule has 0 bridgehead atoms. The minimum absolute atomic E-state index is 0.187. The second-order valence-electron chi connectivity index (χ2n) is 3.43. The number of carbonyl (C=O) groups is 1. The number of Topliss-reactive ketones (excluding diaryl/α,β-unsaturated/α-hetero) is 1. The average molecular weight is 204 g/mol. The largest absolute Gasteiger partial charge is 0.294 e. The summed E-state index contributed by atoms with van der Waals surface area (Å²) in [6, 6.07) is 0. The van der Waals surface area contributed by atoms with Gasteiger partial charge in [0.15, 0.2) is 5.78 Å². The van der Waals surface area contributed by atoms with E-state index in [2.05, 4.69) is 20.1 Å². The molecular formula is C14H20O. The van der Waals surface area contributed by atoms with E-state index >= 15 is 0 Å². The first-order valence-corrected chi connectivity index (χ1v) is 5.33. The molecule has 0 fully saturated rings. The number of ketones is 1. The highest BCUT2D eigenvalue weighted by Crippen LogP contribution is 2.14. The number of rotatable bonds is 7. The summed E-state index contributed by atoms with van der Waals surface area (Å²) in [6.07, 6.45) is 9.55. The van der Waals surface area contributed by atoms with Crippen molar-refractivity contribution in [1.29, 1.82) is 0 Å². The maximum absolute atomic E-state index is 11.8. The Labute approximate surface area is 92.9 Å². The van der Waals surface area contributed by atoms with Crippen LogP contribution in [0.3, 0.4) is 0 Å². The molecule has 0 saturated carbocycles. The van der Waals surface area contributed by atoms with Gasteiger partial charge in [-0.1, -0.05) is 50.8 Å². The number of allylic oxidation sites excluding steroid dienone is 6. The summed E-state index contributed by atoms with van der Waals surface area (Å²) in [5, 5.41) is 0. The second-order valence-corrected chi connectivity index (χ2v) is 3.43. The summed E-state index contributed by atoms with van der Waals surface area (Å²) in [4.78, 5) is 11.8. The molecule has 0 rings (SSSR count). The summed E-state index contributed by atoms with van der Waals surface area (Å²) >= 11 is 0. The molecule has 0 heterocycles. The molecule has 0 aromatic carbocycles. The smallest absolute Gasteiger partial charge is 0.163 e. The van der Waals surface area contributed by atoms with Gasteiger partial charge in [0.05, 0.1) is 0 Å². The van der Waals surface area contributed by atoms with Crippen molar-refractivity contribution in [3.05, 3.63) is 48.6 Å². The van der Waals surface area contributed by atoms with Gasteiger partial charge in [-0.05, 0) is 18.9 Å². The van der Waals surface area contributed by atoms with Crippen molar-refractivity contribution in [2.24, 2.45) is 0 Å². The third kappa shape index (κ3) is 5.16. The van der Waals surface area contributed by atoms with Gasteiger partial charge in [-0.2, -0.15) is 0 Å². The van der Waals surface area contributed by atoms with Gasteiger partial charge < -0.3 is 0 Å². The van der Waals surface area contributed by atoms with E-state index in [9.17, 15) is 4.79 Å². The van der Waals surface area contributed by atoms with Crippen LogP contribution in [-0.2, 0) is 4.79 Å². The summed E-state index contributed by atoms with van der Waals surface area (Å²) in [7, 11) is 0. The van der Waals surface area contributed by atoms with Crippen molar-refractivity contribution in [3.8, 4) is 0 Å². The Morgan fingerprint density at radius 1 is 1.20 bits per heavy atom. The van der Waals surface area contributed by atoms with E-state index in [1.807, 2.05) is 13.0 Å². The minimum Gasteiger partial charge on any atom is -0.294 e. The fourth-order valence-corrected chi connectivity index (χ4v) is 1.30. The number of hydrogen-bond acceptors (Lipinski definition) is 1. The van der Waals surface area contributed by atoms with Crippen LogP contribution in [0, 0.1) is 0 Å². The van der Waals surface area contributed by atoms with Gasteiger partial charge in [0.1, 0.15) is 0 Å². The molecule has 15 heavy (non-hydrogen) atoms. The van der Waals surface area contributed by atoms with E-state index in [0.29, 0.717) is 6.42 Å². The highest BCUT2D eigenvalue weighted by atomic mass is 16.1. The van der Waals surface area contributed by atoms with Crippen molar-refractivity contribution < 1.29 is 4.79 Å². The van der Waals surface area contributed by atoms with Crippen molar-refractivity contribution in [2.75, 3.05) is 0 Å². The first-order valence-electron chi connectivity index (χ1n) is 5.33. The van der Waals surface area contributed by atoms with Gasteiger partial charge in [-0.3, -0.25) is 4.79 Å². The molecular weight excluding hydrogens is 184 g/mol. The van der Waals surface area contributed by atoms with E-state index in [1.54, 1.807) is 18.2 Å². The third-order valence-electron chi connectivity index (χ3n) is 2.14. The fourth-order valence-electron chi connectivity index (χ4n) is 1.30. The SMILES string of the molecule is C=C/C=C(C)\C(=C/C=C)C(=O)CCCC. The highest BCUT2D eigenvalue weighted by molar-refractivity contribution is 5.99. The van der Waals surface area contributed by atoms with Gasteiger partial charge in [0.2, 0.25) is 0 Å². The van der Waals surface area contributed by atoms with E-state index in [-0.39, 0.29) is 5.78 Å². The Hall–Kier alpha value is -1.37. The summed E-state index contributed by atoms with van der Waals surface area (Å²) in [5.41, 5.74) is 1.70. The monoisotopic (exact) mass is 204 g/mol. The molecule has 0 aliphatic heterocycles. The molecule has 0 saturated heterocycles. The highest BCUT2D eigenvalue weighted by Gasteiger charge is 2.09.